The number of rotatable bonds is 10. The number of aromatic nitrogens is 2. The highest BCUT2D eigenvalue weighted by molar-refractivity contribution is 5.74. The fraction of sp³-hybridized carbons (Fsp3) is 0.458. The molecule has 0 spiro atoms. The first-order chi connectivity index (χ1) is 14.8. The first kappa shape index (κ1) is 20.8. The third-order valence-electron chi connectivity index (χ3n) is 5.61. The number of piperidine rings is 1. The van der Waals surface area contributed by atoms with Crippen molar-refractivity contribution < 1.29 is 9.84 Å². The van der Waals surface area contributed by atoms with Gasteiger partial charge in [0.05, 0.1) is 11.0 Å². The Labute approximate surface area is 178 Å². The largest absolute Gasteiger partial charge is 0.491 e. The minimum Gasteiger partial charge on any atom is -0.491 e. The summed E-state index contributed by atoms with van der Waals surface area (Å²) in [4.78, 5) is 10.3. The van der Waals surface area contributed by atoms with Gasteiger partial charge >= 0.3 is 0 Å². The van der Waals surface area contributed by atoms with Gasteiger partial charge in [-0.25, -0.2) is 4.98 Å². The number of nitrogens with zero attached hydrogens (tertiary/aromatic N) is 2. The number of para-hydroxylation sites is 3. The lowest BCUT2D eigenvalue weighted by molar-refractivity contribution is 0.0614. The van der Waals surface area contributed by atoms with Crippen molar-refractivity contribution in [2.45, 2.75) is 38.3 Å². The van der Waals surface area contributed by atoms with Crippen molar-refractivity contribution >= 4 is 11.0 Å². The molecule has 0 bridgehead atoms. The van der Waals surface area contributed by atoms with Crippen LogP contribution in [-0.2, 0) is 13.0 Å². The molecule has 1 saturated heterocycles. The van der Waals surface area contributed by atoms with Gasteiger partial charge in [0.1, 0.15) is 24.3 Å². The Morgan fingerprint density at radius 3 is 2.73 bits per heavy atom. The van der Waals surface area contributed by atoms with Gasteiger partial charge in [-0.05, 0) is 44.1 Å². The van der Waals surface area contributed by atoms with E-state index in [0.29, 0.717) is 13.2 Å². The molecule has 0 saturated carbocycles. The molecule has 3 N–H and O–H groups in total. The molecule has 0 radical (unpaired) electrons. The van der Waals surface area contributed by atoms with Gasteiger partial charge in [-0.2, -0.15) is 0 Å². The van der Waals surface area contributed by atoms with E-state index in [-0.39, 0.29) is 0 Å². The van der Waals surface area contributed by atoms with Crippen LogP contribution in [0.3, 0.4) is 0 Å². The van der Waals surface area contributed by atoms with E-state index in [2.05, 4.69) is 26.3 Å². The standard InChI is InChI=1S/C24H32N4O2/c29-20(17-28-14-6-1-7-15-28)18-30-23-11-5-2-8-19(23)16-25-13-12-24-26-21-9-3-4-10-22(21)27-24/h2-5,8-11,20,25,29H,1,6-7,12-18H2,(H,26,27)/t20-/m1/s1. The van der Waals surface area contributed by atoms with Crippen LogP contribution in [0.25, 0.3) is 11.0 Å². The second-order valence-corrected chi connectivity index (χ2v) is 8.06. The van der Waals surface area contributed by atoms with Crippen LogP contribution in [0.15, 0.2) is 48.5 Å². The maximum Gasteiger partial charge on any atom is 0.123 e. The fourth-order valence-corrected chi connectivity index (χ4v) is 4.02. The van der Waals surface area contributed by atoms with Crippen LogP contribution in [0, 0.1) is 0 Å². The van der Waals surface area contributed by atoms with Crippen LogP contribution in [0.2, 0.25) is 0 Å². The average molecular weight is 409 g/mol. The summed E-state index contributed by atoms with van der Waals surface area (Å²) >= 11 is 0. The zero-order valence-electron chi connectivity index (χ0n) is 17.5. The molecule has 0 aliphatic carbocycles. The number of aliphatic hydroxyl groups is 1. The van der Waals surface area contributed by atoms with Crippen LogP contribution >= 0.6 is 0 Å². The van der Waals surface area contributed by atoms with E-state index in [4.69, 9.17) is 4.74 Å². The van der Waals surface area contributed by atoms with Crippen molar-refractivity contribution in [2.24, 2.45) is 0 Å². The van der Waals surface area contributed by atoms with Gasteiger partial charge in [-0.1, -0.05) is 36.8 Å². The molecule has 2 aromatic carbocycles. The lowest BCUT2D eigenvalue weighted by Gasteiger charge is -2.28. The molecule has 4 rings (SSSR count). The fourth-order valence-electron chi connectivity index (χ4n) is 4.02. The normalized spacial score (nSPS) is 16.0. The lowest BCUT2D eigenvalue weighted by Crippen LogP contribution is -2.38. The van der Waals surface area contributed by atoms with Gasteiger partial charge in [0.15, 0.2) is 0 Å². The summed E-state index contributed by atoms with van der Waals surface area (Å²) < 4.78 is 5.96. The molecule has 1 atom stereocenters. The number of imidazole rings is 1. The highest BCUT2D eigenvalue weighted by Gasteiger charge is 2.15. The minimum absolute atomic E-state index is 0.326. The highest BCUT2D eigenvalue weighted by Crippen LogP contribution is 2.18. The quantitative estimate of drug-likeness (QED) is 0.450. The summed E-state index contributed by atoms with van der Waals surface area (Å²) in [6.45, 7) is 4.74. The Morgan fingerprint density at radius 1 is 1.07 bits per heavy atom. The maximum absolute atomic E-state index is 10.4. The molecule has 160 valence electrons. The predicted molar refractivity (Wildman–Crippen MR) is 120 cm³/mol. The molecule has 2 heterocycles. The molecule has 30 heavy (non-hydrogen) atoms. The second kappa shape index (κ2) is 10.6. The molecule has 0 amide bonds. The monoisotopic (exact) mass is 408 g/mol. The van der Waals surface area contributed by atoms with Gasteiger partial charge in [0.25, 0.3) is 0 Å². The second-order valence-electron chi connectivity index (χ2n) is 8.06. The molecule has 1 aliphatic rings. The topological polar surface area (TPSA) is 73.4 Å². The summed E-state index contributed by atoms with van der Waals surface area (Å²) in [5.74, 6) is 1.83. The summed E-state index contributed by atoms with van der Waals surface area (Å²) in [6.07, 6.45) is 4.15. The number of hydrogen-bond acceptors (Lipinski definition) is 5. The van der Waals surface area contributed by atoms with E-state index in [1.54, 1.807) is 0 Å². The molecule has 1 fully saturated rings. The summed E-state index contributed by atoms with van der Waals surface area (Å²) in [5, 5.41) is 13.8. The number of β-amino-alcohol motifs (C(OH)–C–C–N with tert-alkyl or cyclic N) is 1. The molecule has 1 aromatic heterocycles. The van der Waals surface area contributed by atoms with E-state index in [1.165, 1.54) is 19.3 Å². The molecule has 0 unspecified atom stereocenters. The van der Waals surface area contributed by atoms with Crippen LogP contribution < -0.4 is 10.1 Å². The number of nitrogens with one attached hydrogen (secondary N) is 2. The van der Waals surface area contributed by atoms with Crippen LogP contribution in [0.4, 0.5) is 0 Å². The van der Waals surface area contributed by atoms with E-state index in [0.717, 1.165) is 60.8 Å². The van der Waals surface area contributed by atoms with Crippen LogP contribution in [0.5, 0.6) is 5.75 Å². The van der Waals surface area contributed by atoms with E-state index in [9.17, 15) is 5.11 Å². The number of ether oxygens (including phenoxy) is 1. The van der Waals surface area contributed by atoms with E-state index < -0.39 is 6.10 Å². The van der Waals surface area contributed by atoms with Gasteiger partial charge in [-0.15, -0.1) is 0 Å². The van der Waals surface area contributed by atoms with Crippen molar-refractivity contribution in [3.8, 4) is 5.75 Å². The molecular weight excluding hydrogens is 376 g/mol. The zero-order valence-corrected chi connectivity index (χ0v) is 17.5. The Morgan fingerprint density at radius 2 is 1.87 bits per heavy atom. The number of hydrogen-bond donors (Lipinski definition) is 3. The van der Waals surface area contributed by atoms with Crippen molar-refractivity contribution in [1.29, 1.82) is 0 Å². The zero-order chi connectivity index (χ0) is 20.6. The summed E-state index contributed by atoms with van der Waals surface area (Å²) in [7, 11) is 0. The summed E-state index contributed by atoms with van der Waals surface area (Å²) in [5.41, 5.74) is 3.19. The van der Waals surface area contributed by atoms with Gasteiger partial charge < -0.3 is 25.0 Å². The van der Waals surface area contributed by atoms with Crippen LogP contribution in [-0.4, -0.2) is 58.9 Å². The Kier molecular flexibility index (Phi) is 7.34. The number of aromatic amines is 1. The number of likely N-dealkylation sites (tertiary alicyclic amines) is 1. The van der Waals surface area contributed by atoms with Crippen molar-refractivity contribution in [2.75, 3.05) is 32.8 Å². The third-order valence-corrected chi connectivity index (χ3v) is 5.61. The number of aliphatic hydroxyl groups excluding tert-OH is 1. The lowest BCUT2D eigenvalue weighted by atomic mass is 10.1. The Bertz CT molecular complexity index is 887. The highest BCUT2D eigenvalue weighted by atomic mass is 16.5. The predicted octanol–water partition coefficient (Wildman–Crippen LogP) is 3.12. The molecule has 6 heteroatoms. The molecular formula is C24H32N4O2. The third kappa shape index (κ3) is 5.81. The minimum atomic E-state index is -0.461. The first-order valence-corrected chi connectivity index (χ1v) is 11.0. The molecule has 1 aliphatic heterocycles. The Balaban J connectivity index is 1.22. The van der Waals surface area contributed by atoms with Gasteiger partial charge in [0, 0.05) is 31.6 Å². The number of benzene rings is 2. The van der Waals surface area contributed by atoms with Crippen LogP contribution in [0.1, 0.15) is 30.7 Å². The summed E-state index contributed by atoms with van der Waals surface area (Å²) in [6, 6.07) is 16.1. The average Bonchev–Trinajstić information content (AvgIpc) is 3.19. The van der Waals surface area contributed by atoms with Crippen molar-refractivity contribution in [3.63, 3.8) is 0 Å². The van der Waals surface area contributed by atoms with Gasteiger partial charge in [-0.3, -0.25) is 0 Å². The number of fused-ring (bicyclic) bond motifs is 1. The first-order valence-electron chi connectivity index (χ1n) is 11.0. The van der Waals surface area contributed by atoms with E-state index in [1.807, 2.05) is 42.5 Å². The SMILES string of the molecule is O[C@@H](COc1ccccc1CNCCc1nc2ccccc2[nH]1)CN1CCCCC1. The number of H-pyrrole nitrogens is 1. The maximum atomic E-state index is 10.4. The van der Waals surface area contributed by atoms with E-state index >= 15 is 0 Å². The molecule has 3 aromatic rings. The molecule has 6 nitrogen and oxygen atoms in total. The van der Waals surface area contributed by atoms with Crippen molar-refractivity contribution in [3.05, 3.63) is 59.9 Å². The van der Waals surface area contributed by atoms with Gasteiger partial charge in [0.2, 0.25) is 0 Å². The smallest absolute Gasteiger partial charge is 0.123 e. The Hall–Kier alpha value is -2.41. The van der Waals surface area contributed by atoms with Crippen molar-refractivity contribution in [1.82, 2.24) is 20.2 Å².